The van der Waals surface area contributed by atoms with Gasteiger partial charge in [-0.15, -0.1) is 0 Å². The Morgan fingerprint density at radius 2 is 1.74 bits per heavy atom. The molecule has 1 amide bonds. The highest BCUT2D eigenvalue weighted by Crippen LogP contribution is 2.21. The minimum Gasteiger partial charge on any atom is -0.449 e. The number of ether oxygens (including phenoxy) is 1. The minimum atomic E-state index is -0.442. The first kappa shape index (κ1) is 13.6. The fourth-order valence-corrected chi connectivity index (χ4v) is 2.00. The highest BCUT2D eigenvalue weighted by molar-refractivity contribution is 9.10. The second-order valence-electron chi connectivity index (χ2n) is 3.98. The van der Waals surface area contributed by atoms with E-state index >= 15 is 0 Å². The Hall–Kier alpha value is -1.81. The van der Waals surface area contributed by atoms with E-state index < -0.39 is 6.09 Å². The number of halogens is 1. The van der Waals surface area contributed by atoms with Gasteiger partial charge in [-0.05, 0) is 33.6 Å². The van der Waals surface area contributed by atoms with E-state index in [9.17, 15) is 4.79 Å². The summed E-state index contributed by atoms with van der Waals surface area (Å²) >= 11 is 3.36. The lowest BCUT2D eigenvalue weighted by Gasteiger charge is -2.08. The van der Waals surface area contributed by atoms with Crippen LogP contribution in [0.4, 0.5) is 10.5 Å². The summed E-state index contributed by atoms with van der Waals surface area (Å²) in [5, 5.41) is 2.69. The molecule has 4 heteroatoms. The maximum atomic E-state index is 11.6. The molecule has 0 aliphatic rings. The number of nitrogens with one attached hydrogen (secondary N) is 1. The van der Waals surface area contributed by atoms with Crippen molar-refractivity contribution in [2.45, 2.75) is 6.42 Å². The smallest absolute Gasteiger partial charge is 0.411 e. The average molecular weight is 320 g/mol. The fourth-order valence-electron chi connectivity index (χ4n) is 1.61. The maximum Gasteiger partial charge on any atom is 0.411 e. The zero-order valence-corrected chi connectivity index (χ0v) is 11.9. The van der Waals surface area contributed by atoms with Crippen molar-refractivity contribution in [3.63, 3.8) is 0 Å². The maximum absolute atomic E-state index is 11.6. The summed E-state index contributed by atoms with van der Waals surface area (Å²) in [5.41, 5.74) is 1.85. The van der Waals surface area contributed by atoms with Gasteiger partial charge in [-0.25, -0.2) is 4.79 Å². The normalized spacial score (nSPS) is 9.95. The van der Waals surface area contributed by atoms with E-state index in [1.165, 1.54) is 0 Å². The quantitative estimate of drug-likeness (QED) is 0.915. The van der Waals surface area contributed by atoms with Gasteiger partial charge < -0.3 is 4.74 Å². The Labute approximate surface area is 120 Å². The number of benzene rings is 2. The van der Waals surface area contributed by atoms with Gasteiger partial charge in [0.05, 0.1) is 12.3 Å². The minimum absolute atomic E-state index is 0.361. The lowest BCUT2D eigenvalue weighted by Crippen LogP contribution is -2.15. The van der Waals surface area contributed by atoms with E-state index in [1.54, 1.807) is 0 Å². The molecule has 0 atom stereocenters. The summed E-state index contributed by atoms with van der Waals surface area (Å²) in [7, 11) is 0. The first-order chi connectivity index (χ1) is 9.25. The number of carbonyl (C=O) groups is 1. The molecule has 19 heavy (non-hydrogen) atoms. The van der Waals surface area contributed by atoms with Crippen molar-refractivity contribution in [2.75, 3.05) is 11.9 Å². The zero-order chi connectivity index (χ0) is 13.5. The molecule has 0 saturated heterocycles. The van der Waals surface area contributed by atoms with Crippen LogP contribution in [-0.4, -0.2) is 12.7 Å². The third kappa shape index (κ3) is 4.41. The first-order valence-corrected chi connectivity index (χ1v) is 6.77. The van der Waals surface area contributed by atoms with Crippen LogP contribution in [-0.2, 0) is 11.2 Å². The number of hydrogen-bond acceptors (Lipinski definition) is 2. The zero-order valence-electron chi connectivity index (χ0n) is 10.3. The fraction of sp³-hybridized carbons (Fsp3) is 0.133. The van der Waals surface area contributed by atoms with Gasteiger partial charge in [0.15, 0.2) is 0 Å². The summed E-state index contributed by atoms with van der Waals surface area (Å²) in [6.45, 7) is 0.361. The van der Waals surface area contributed by atoms with E-state index in [-0.39, 0.29) is 0 Å². The van der Waals surface area contributed by atoms with Gasteiger partial charge in [-0.1, -0.05) is 42.5 Å². The van der Waals surface area contributed by atoms with Crippen molar-refractivity contribution in [2.24, 2.45) is 0 Å². The van der Waals surface area contributed by atoms with Crippen molar-refractivity contribution in [3.8, 4) is 0 Å². The van der Waals surface area contributed by atoms with Crippen molar-refractivity contribution < 1.29 is 9.53 Å². The van der Waals surface area contributed by atoms with Crippen LogP contribution < -0.4 is 5.32 Å². The van der Waals surface area contributed by atoms with Gasteiger partial charge in [-0.2, -0.15) is 0 Å². The molecule has 0 aromatic heterocycles. The SMILES string of the molecule is O=C(Nc1ccccc1Br)OCCc1ccccc1. The summed E-state index contributed by atoms with van der Waals surface area (Å²) in [5.74, 6) is 0. The summed E-state index contributed by atoms with van der Waals surface area (Å²) in [6.07, 6.45) is 0.271. The molecule has 0 aliphatic carbocycles. The molecule has 98 valence electrons. The van der Waals surface area contributed by atoms with Crippen molar-refractivity contribution in [3.05, 3.63) is 64.6 Å². The van der Waals surface area contributed by atoms with Gasteiger partial charge in [0.25, 0.3) is 0 Å². The number of anilines is 1. The summed E-state index contributed by atoms with van der Waals surface area (Å²) in [4.78, 5) is 11.6. The Morgan fingerprint density at radius 3 is 2.47 bits per heavy atom. The molecule has 2 aromatic carbocycles. The van der Waals surface area contributed by atoms with Crippen LogP contribution in [0, 0.1) is 0 Å². The van der Waals surface area contributed by atoms with Crippen LogP contribution in [0.5, 0.6) is 0 Å². The van der Waals surface area contributed by atoms with Crippen LogP contribution in [0.3, 0.4) is 0 Å². The molecule has 0 saturated carbocycles. The van der Waals surface area contributed by atoms with Crippen molar-refractivity contribution in [1.29, 1.82) is 0 Å². The molecule has 3 nitrogen and oxygen atoms in total. The van der Waals surface area contributed by atoms with Crippen LogP contribution in [0.1, 0.15) is 5.56 Å². The summed E-state index contributed by atoms with van der Waals surface area (Å²) in [6, 6.07) is 17.3. The van der Waals surface area contributed by atoms with E-state index in [0.717, 1.165) is 10.0 Å². The van der Waals surface area contributed by atoms with Gasteiger partial charge in [0.1, 0.15) is 0 Å². The Balaban J connectivity index is 1.78. The predicted molar refractivity (Wildman–Crippen MR) is 79.3 cm³/mol. The van der Waals surface area contributed by atoms with E-state index in [4.69, 9.17) is 4.74 Å². The second-order valence-corrected chi connectivity index (χ2v) is 4.83. The molecular formula is C15H14BrNO2. The number of amides is 1. The molecular weight excluding hydrogens is 306 g/mol. The lowest BCUT2D eigenvalue weighted by atomic mass is 10.2. The van der Waals surface area contributed by atoms with Crippen LogP contribution in [0.15, 0.2) is 59.1 Å². The van der Waals surface area contributed by atoms with Gasteiger partial charge >= 0.3 is 6.09 Å². The topological polar surface area (TPSA) is 38.3 Å². The van der Waals surface area contributed by atoms with Gasteiger partial charge in [0.2, 0.25) is 0 Å². The Morgan fingerprint density at radius 1 is 1.05 bits per heavy atom. The average Bonchev–Trinajstić information content (AvgIpc) is 2.43. The number of hydrogen-bond donors (Lipinski definition) is 1. The monoisotopic (exact) mass is 319 g/mol. The molecule has 0 radical (unpaired) electrons. The molecule has 2 aromatic rings. The molecule has 0 bridgehead atoms. The molecule has 0 spiro atoms. The highest BCUT2D eigenvalue weighted by Gasteiger charge is 2.05. The number of rotatable bonds is 4. The Bertz CT molecular complexity index is 543. The first-order valence-electron chi connectivity index (χ1n) is 5.98. The van der Waals surface area contributed by atoms with Gasteiger partial charge in [0, 0.05) is 10.9 Å². The molecule has 2 rings (SSSR count). The third-order valence-corrected chi connectivity index (χ3v) is 3.27. The molecule has 0 fully saturated rings. The van der Waals surface area contributed by atoms with Crippen molar-refractivity contribution in [1.82, 2.24) is 0 Å². The standard InChI is InChI=1S/C15H14BrNO2/c16-13-8-4-5-9-14(13)17-15(18)19-11-10-12-6-2-1-3-7-12/h1-9H,10-11H2,(H,17,18). The van der Waals surface area contributed by atoms with Crippen LogP contribution in [0.25, 0.3) is 0 Å². The highest BCUT2D eigenvalue weighted by atomic mass is 79.9. The van der Waals surface area contributed by atoms with Gasteiger partial charge in [-0.3, -0.25) is 5.32 Å². The van der Waals surface area contributed by atoms with E-state index in [2.05, 4.69) is 21.2 Å². The van der Waals surface area contributed by atoms with Crippen LogP contribution >= 0.6 is 15.9 Å². The third-order valence-electron chi connectivity index (χ3n) is 2.58. The molecule has 1 N–H and O–H groups in total. The summed E-state index contributed by atoms with van der Waals surface area (Å²) < 4.78 is 5.96. The Kier molecular flexibility index (Phi) is 4.98. The van der Waals surface area contributed by atoms with Crippen molar-refractivity contribution >= 4 is 27.7 Å². The lowest BCUT2D eigenvalue weighted by molar-refractivity contribution is 0.163. The molecule has 0 aliphatic heterocycles. The second kappa shape index (κ2) is 6.95. The van der Waals surface area contributed by atoms with Crippen LogP contribution in [0.2, 0.25) is 0 Å². The number of para-hydroxylation sites is 1. The predicted octanol–water partition coefficient (Wildman–Crippen LogP) is 4.24. The van der Waals surface area contributed by atoms with E-state index in [0.29, 0.717) is 18.7 Å². The molecule has 0 unspecified atom stereocenters. The largest absolute Gasteiger partial charge is 0.449 e. The van der Waals surface area contributed by atoms with E-state index in [1.807, 2.05) is 54.6 Å². The number of carbonyl (C=O) groups excluding carboxylic acids is 1. The molecule has 0 heterocycles.